The van der Waals surface area contributed by atoms with Crippen LogP contribution >= 0.6 is 11.6 Å². The van der Waals surface area contributed by atoms with Gasteiger partial charge in [-0.1, -0.05) is 11.6 Å². The lowest BCUT2D eigenvalue weighted by Crippen LogP contribution is -2.44. The molecule has 3 rings (SSSR count). The third-order valence-electron chi connectivity index (χ3n) is 3.72. The Morgan fingerprint density at radius 2 is 2.10 bits per heavy atom. The number of amides is 1. The SMILES string of the molecule is N[C@H]1CCC[C@@H]1NC(=O)c1cc(Cl)ccc1-n1nccn1. The first kappa shape index (κ1) is 14.0. The van der Waals surface area contributed by atoms with Gasteiger partial charge >= 0.3 is 0 Å². The van der Waals surface area contributed by atoms with Crippen LogP contribution in [0.25, 0.3) is 5.69 Å². The molecule has 21 heavy (non-hydrogen) atoms. The number of rotatable bonds is 3. The van der Waals surface area contributed by atoms with E-state index in [2.05, 4.69) is 15.5 Å². The highest BCUT2D eigenvalue weighted by Gasteiger charge is 2.26. The fourth-order valence-electron chi connectivity index (χ4n) is 2.62. The van der Waals surface area contributed by atoms with Gasteiger partial charge in [-0.25, -0.2) is 0 Å². The molecule has 2 aromatic rings. The minimum Gasteiger partial charge on any atom is -0.348 e. The Kier molecular flexibility index (Phi) is 3.90. The highest BCUT2D eigenvalue weighted by atomic mass is 35.5. The van der Waals surface area contributed by atoms with Crippen molar-refractivity contribution in [2.24, 2.45) is 5.73 Å². The average Bonchev–Trinajstić information content (AvgIpc) is 3.11. The number of nitrogens with one attached hydrogen (secondary N) is 1. The zero-order valence-electron chi connectivity index (χ0n) is 11.4. The first-order valence-corrected chi connectivity index (χ1v) is 7.25. The number of benzene rings is 1. The smallest absolute Gasteiger partial charge is 0.253 e. The fraction of sp³-hybridized carbons (Fsp3) is 0.357. The summed E-state index contributed by atoms with van der Waals surface area (Å²) in [7, 11) is 0. The molecule has 3 N–H and O–H groups in total. The Labute approximate surface area is 127 Å². The number of carbonyl (C=O) groups excluding carboxylic acids is 1. The normalized spacial score (nSPS) is 21.4. The van der Waals surface area contributed by atoms with Crippen molar-refractivity contribution in [1.82, 2.24) is 20.3 Å². The fourth-order valence-corrected chi connectivity index (χ4v) is 2.79. The monoisotopic (exact) mass is 305 g/mol. The number of nitrogens with zero attached hydrogens (tertiary/aromatic N) is 3. The van der Waals surface area contributed by atoms with Gasteiger partial charge in [0.1, 0.15) is 0 Å². The highest BCUT2D eigenvalue weighted by molar-refractivity contribution is 6.31. The Balaban J connectivity index is 1.90. The van der Waals surface area contributed by atoms with Gasteiger partial charge in [-0.05, 0) is 37.5 Å². The van der Waals surface area contributed by atoms with Gasteiger partial charge in [0.05, 0.1) is 23.6 Å². The first-order chi connectivity index (χ1) is 10.1. The summed E-state index contributed by atoms with van der Waals surface area (Å²) in [6, 6.07) is 5.08. The summed E-state index contributed by atoms with van der Waals surface area (Å²) in [6.07, 6.45) is 6.00. The van der Waals surface area contributed by atoms with Gasteiger partial charge in [0.25, 0.3) is 5.91 Å². The van der Waals surface area contributed by atoms with Crippen LogP contribution < -0.4 is 11.1 Å². The number of hydrogen-bond acceptors (Lipinski definition) is 4. The molecule has 1 aromatic heterocycles. The number of aromatic nitrogens is 3. The largest absolute Gasteiger partial charge is 0.348 e. The first-order valence-electron chi connectivity index (χ1n) is 6.88. The minimum absolute atomic E-state index is 0.00918. The van der Waals surface area contributed by atoms with Gasteiger partial charge in [0.15, 0.2) is 0 Å². The molecule has 0 radical (unpaired) electrons. The second kappa shape index (κ2) is 5.83. The molecular formula is C14H16ClN5O. The average molecular weight is 306 g/mol. The predicted octanol–water partition coefficient (Wildman–Crippen LogP) is 1.53. The maximum absolute atomic E-state index is 12.5. The number of nitrogens with two attached hydrogens (primary N) is 1. The van der Waals surface area contributed by atoms with Crippen molar-refractivity contribution in [3.63, 3.8) is 0 Å². The van der Waals surface area contributed by atoms with Crippen LogP contribution in [0, 0.1) is 0 Å². The molecule has 1 amide bonds. The van der Waals surface area contributed by atoms with Crippen molar-refractivity contribution < 1.29 is 4.79 Å². The van der Waals surface area contributed by atoms with Gasteiger partial charge < -0.3 is 11.1 Å². The molecule has 1 heterocycles. The third kappa shape index (κ3) is 2.91. The molecule has 0 saturated heterocycles. The molecule has 110 valence electrons. The van der Waals surface area contributed by atoms with Gasteiger partial charge in [-0.2, -0.15) is 15.0 Å². The van der Waals surface area contributed by atoms with Gasteiger partial charge in [-0.3, -0.25) is 4.79 Å². The molecule has 2 atom stereocenters. The maximum Gasteiger partial charge on any atom is 0.253 e. The molecule has 0 bridgehead atoms. The summed E-state index contributed by atoms with van der Waals surface area (Å²) in [5.74, 6) is -0.202. The number of halogens is 1. The summed E-state index contributed by atoms with van der Waals surface area (Å²) >= 11 is 6.01. The minimum atomic E-state index is -0.202. The molecule has 1 aromatic carbocycles. The van der Waals surface area contributed by atoms with Gasteiger partial charge in [0.2, 0.25) is 0 Å². The topological polar surface area (TPSA) is 85.8 Å². The van der Waals surface area contributed by atoms with Crippen LogP contribution in [0.3, 0.4) is 0 Å². The standard InChI is InChI=1S/C14H16ClN5O/c15-9-4-5-13(20-17-6-7-18-20)10(8-9)14(21)19-12-3-1-2-11(12)16/h4-8,11-12H,1-3,16H2,(H,19,21)/t11-,12-/m0/s1. The van der Waals surface area contributed by atoms with E-state index >= 15 is 0 Å². The van der Waals surface area contributed by atoms with E-state index in [-0.39, 0.29) is 18.0 Å². The molecule has 0 spiro atoms. The van der Waals surface area contributed by atoms with Crippen LogP contribution in [0.5, 0.6) is 0 Å². The summed E-state index contributed by atoms with van der Waals surface area (Å²) in [5.41, 5.74) is 7.03. The van der Waals surface area contributed by atoms with Crippen molar-refractivity contribution in [3.05, 3.63) is 41.2 Å². The second-order valence-corrected chi connectivity index (χ2v) is 5.59. The molecular weight excluding hydrogens is 290 g/mol. The van der Waals surface area contributed by atoms with Crippen LogP contribution in [0.15, 0.2) is 30.6 Å². The van der Waals surface area contributed by atoms with Gasteiger partial charge in [0, 0.05) is 17.1 Å². The van der Waals surface area contributed by atoms with E-state index < -0.39 is 0 Å². The Bertz CT molecular complexity index is 643. The summed E-state index contributed by atoms with van der Waals surface area (Å²) < 4.78 is 0. The van der Waals surface area contributed by atoms with Crippen molar-refractivity contribution in [2.45, 2.75) is 31.3 Å². The molecule has 0 aliphatic heterocycles. The van der Waals surface area contributed by atoms with E-state index in [1.165, 1.54) is 4.80 Å². The van der Waals surface area contributed by atoms with Crippen molar-refractivity contribution in [3.8, 4) is 5.69 Å². The Morgan fingerprint density at radius 3 is 2.76 bits per heavy atom. The zero-order valence-corrected chi connectivity index (χ0v) is 12.1. The molecule has 1 fully saturated rings. The Hall–Kier alpha value is -1.92. The van der Waals surface area contributed by atoms with Crippen LogP contribution in [0.4, 0.5) is 0 Å². The number of hydrogen-bond donors (Lipinski definition) is 2. The summed E-state index contributed by atoms with van der Waals surface area (Å²) in [6.45, 7) is 0. The quantitative estimate of drug-likeness (QED) is 0.900. The molecule has 1 saturated carbocycles. The molecule has 0 unspecified atom stereocenters. The van der Waals surface area contributed by atoms with Crippen molar-refractivity contribution in [2.75, 3.05) is 0 Å². The maximum atomic E-state index is 12.5. The van der Waals surface area contributed by atoms with E-state index in [1.807, 2.05) is 0 Å². The predicted molar refractivity (Wildman–Crippen MR) is 79.4 cm³/mol. The van der Waals surface area contributed by atoms with Crippen LogP contribution in [-0.4, -0.2) is 33.0 Å². The summed E-state index contributed by atoms with van der Waals surface area (Å²) in [5, 5.41) is 11.6. The Morgan fingerprint density at radius 1 is 1.33 bits per heavy atom. The zero-order chi connectivity index (χ0) is 14.8. The lowest BCUT2D eigenvalue weighted by molar-refractivity contribution is 0.0934. The summed E-state index contributed by atoms with van der Waals surface area (Å²) in [4.78, 5) is 13.9. The van der Waals surface area contributed by atoms with E-state index in [0.717, 1.165) is 19.3 Å². The highest BCUT2D eigenvalue weighted by Crippen LogP contribution is 2.21. The van der Waals surface area contributed by atoms with E-state index in [9.17, 15) is 4.79 Å². The van der Waals surface area contributed by atoms with E-state index in [0.29, 0.717) is 16.3 Å². The van der Waals surface area contributed by atoms with Crippen LogP contribution in [-0.2, 0) is 0 Å². The molecule has 1 aliphatic rings. The molecule has 6 nitrogen and oxygen atoms in total. The third-order valence-corrected chi connectivity index (χ3v) is 3.96. The number of carbonyl (C=O) groups is 1. The molecule has 7 heteroatoms. The van der Waals surface area contributed by atoms with Crippen LogP contribution in [0.1, 0.15) is 29.6 Å². The lowest BCUT2D eigenvalue weighted by Gasteiger charge is -2.18. The lowest BCUT2D eigenvalue weighted by atomic mass is 10.1. The van der Waals surface area contributed by atoms with Crippen LogP contribution in [0.2, 0.25) is 5.02 Å². The van der Waals surface area contributed by atoms with E-state index in [4.69, 9.17) is 17.3 Å². The van der Waals surface area contributed by atoms with Crippen molar-refractivity contribution >= 4 is 17.5 Å². The van der Waals surface area contributed by atoms with Crippen molar-refractivity contribution in [1.29, 1.82) is 0 Å². The van der Waals surface area contributed by atoms with Gasteiger partial charge in [-0.15, -0.1) is 0 Å². The van der Waals surface area contributed by atoms with E-state index in [1.54, 1.807) is 30.6 Å². The molecule has 1 aliphatic carbocycles. The second-order valence-electron chi connectivity index (χ2n) is 5.15.